The molecule has 12 heteroatoms. The first kappa shape index (κ1) is 32.7. The van der Waals surface area contributed by atoms with Crippen LogP contribution in [-0.4, -0.2) is 144 Å². The van der Waals surface area contributed by atoms with Crippen LogP contribution in [0.25, 0.3) is 0 Å². The summed E-state index contributed by atoms with van der Waals surface area (Å²) in [7, 11) is 0. The average Bonchev–Trinajstić information content (AvgIpc) is 3.73. The molecule has 7 saturated heterocycles. The van der Waals surface area contributed by atoms with Crippen LogP contribution in [0.15, 0.2) is 0 Å². The number of hydrogen-bond donors (Lipinski definition) is 3. The second-order valence-electron chi connectivity index (χ2n) is 14.5. The first-order valence-electron chi connectivity index (χ1n) is 17.7. The van der Waals surface area contributed by atoms with Gasteiger partial charge in [-0.3, -0.25) is 24.1 Å². The van der Waals surface area contributed by atoms with Gasteiger partial charge < -0.3 is 35.2 Å². The molecule has 0 saturated carbocycles. The zero-order chi connectivity index (χ0) is 31.5. The molecule has 0 aromatic carbocycles. The number of nitrogens with zero attached hydrogens (tertiary/aromatic N) is 4. The fraction of sp³-hybridized carbons (Fsp3) is 0.879. The quantitative estimate of drug-likeness (QED) is 0.405. The summed E-state index contributed by atoms with van der Waals surface area (Å²) in [5.41, 5.74) is 0. The molecule has 6 atom stereocenters. The maximum absolute atomic E-state index is 13.7. The summed E-state index contributed by atoms with van der Waals surface area (Å²) in [6.07, 6.45) is 6.66. The largest absolute Gasteiger partial charge is 0.390 e. The standard InChI is InChI=1S/C33H54N6O6/c1-22-29(40)19-32(43)38-11-4-23(16-30(41)36-9-2-3-10-36)24(20-38)17-31(42)37-12-5-27(6-13-37)39-21-26(18-28(39)33(44)34-22)35-25-7-14-45-15-8-25/h22-29,35,40H,2-21H2,1H3,(H,34,44)/t22-,23-,24-,26-,28-,29-/m0/s1. The number of rotatable bonds is 4. The maximum atomic E-state index is 13.7. The van der Waals surface area contributed by atoms with E-state index in [9.17, 15) is 24.3 Å². The van der Waals surface area contributed by atoms with Crippen molar-refractivity contribution >= 4 is 23.6 Å². The van der Waals surface area contributed by atoms with Gasteiger partial charge in [0, 0.05) is 90.0 Å². The molecule has 0 radical (unpaired) electrons. The molecule has 7 aliphatic heterocycles. The van der Waals surface area contributed by atoms with E-state index in [4.69, 9.17) is 4.74 Å². The molecule has 7 heterocycles. The third kappa shape index (κ3) is 7.82. The lowest BCUT2D eigenvalue weighted by atomic mass is 9.80. The molecule has 7 rings (SSSR count). The molecule has 4 bridgehead atoms. The molecule has 0 aromatic rings. The van der Waals surface area contributed by atoms with Crippen LogP contribution in [0.5, 0.6) is 0 Å². The SMILES string of the molecule is C[C@@H]1NC(=O)[C@@H]2C[C@H](NC3CCOCC3)CN2C2CCN(CC2)C(=O)C[C@H]2CN(CC[C@H]2CC(=O)N2CCCC2)C(=O)C[C@@H]1O. The van der Waals surface area contributed by atoms with Crippen LogP contribution in [0.2, 0.25) is 0 Å². The smallest absolute Gasteiger partial charge is 0.237 e. The lowest BCUT2D eigenvalue weighted by Gasteiger charge is -2.41. The Balaban J connectivity index is 1.17. The van der Waals surface area contributed by atoms with Crippen LogP contribution in [-0.2, 0) is 23.9 Å². The van der Waals surface area contributed by atoms with Gasteiger partial charge >= 0.3 is 0 Å². The Hall–Kier alpha value is -2.28. The monoisotopic (exact) mass is 630 g/mol. The number of ether oxygens (including phenoxy) is 1. The van der Waals surface area contributed by atoms with Crippen molar-refractivity contribution in [3.8, 4) is 0 Å². The second kappa shape index (κ2) is 14.6. The Morgan fingerprint density at radius 1 is 0.889 bits per heavy atom. The number of carbonyl (C=O) groups excluding carboxylic acids is 4. The summed E-state index contributed by atoms with van der Waals surface area (Å²) >= 11 is 0. The number of nitrogens with one attached hydrogen (secondary N) is 2. The first-order valence-corrected chi connectivity index (χ1v) is 17.7. The van der Waals surface area contributed by atoms with Gasteiger partial charge in [0.15, 0.2) is 0 Å². The van der Waals surface area contributed by atoms with E-state index in [0.717, 1.165) is 71.4 Å². The van der Waals surface area contributed by atoms with E-state index in [0.29, 0.717) is 57.9 Å². The number of aliphatic hydroxyl groups excluding tert-OH is 1. The van der Waals surface area contributed by atoms with Crippen LogP contribution < -0.4 is 10.6 Å². The molecule has 0 aromatic heterocycles. The number of likely N-dealkylation sites (tertiary alicyclic amines) is 1. The van der Waals surface area contributed by atoms with Crippen molar-refractivity contribution in [2.24, 2.45) is 11.8 Å². The highest BCUT2D eigenvalue weighted by Crippen LogP contribution is 2.33. The lowest BCUT2D eigenvalue weighted by molar-refractivity contribution is -0.141. The minimum atomic E-state index is -1.01. The van der Waals surface area contributed by atoms with Crippen molar-refractivity contribution in [3.05, 3.63) is 0 Å². The van der Waals surface area contributed by atoms with Gasteiger partial charge in [-0.2, -0.15) is 0 Å². The number of amides is 4. The van der Waals surface area contributed by atoms with Crippen molar-refractivity contribution in [1.29, 1.82) is 0 Å². The lowest BCUT2D eigenvalue weighted by Crippen LogP contribution is -2.54. The number of hydrogen-bond acceptors (Lipinski definition) is 8. The van der Waals surface area contributed by atoms with Crippen molar-refractivity contribution < 1.29 is 29.0 Å². The second-order valence-corrected chi connectivity index (χ2v) is 14.5. The Bertz CT molecular complexity index is 1070. The first-order chi connectivity index (χ1) is 21.7. The van der Waals surface area contributed by atoms with E-state index in [-0.39, 0.29) is 60.0 Å². The van der Waals surface area contributed by atoms with Crippen LogP contribution in [0.1, 0.15) is 77.6 Å². The van der Waals surface area contributed by atoms with E-state index in [1.807, 2.05) is 9.80 Å². The predicted molar refractivity (Wildman–Crippen MR) is 167 cm³/mol. The molecule has 7 aliphatic rings. The van der Waals surface area contributed by atoms with Crippen molar-refractivity contribution in [3.63, 3.8) is 0 Å². The van der Waals surface area contributed by atoms with Gasteiger partial charge in [-0.25, -0.2) is 0 Å². The molecule has 12 nitrogen and oxygen atoms in total. The molecule has 3 N–H and O–H groups in total. The summed E-state index contributed by atoms with van der Waals surface area (Å²) in [5.74, 6) is -0.0441. The summed E-state index contributed by atoms with van der Waals surface area (Å²) < 4.78 is 5.54. The number of aliphatic hydroxyl groups is 1. The van der Waals surface area contributed by atoms with Crippen molar-refractivity contribution in [1.82, 2.24) is 30.2 Å². The Kier molecular flexibility index (Phi) is 10.6. The molecule has 4 amide bonds. The topological polar surface area (TPSA) is 135 Å². The van der Waals surface area contributed by atoms with Crippen LogP contribution in [0, 0.1) is 11.8 Å². The summed E-state index contributed by atoms with van der Waals surface area (Å²) in [6.45, 7) is 7.91. The van der Waals surface area contributed by atoms with E-state index in [1.165, 1.54) is 0 Å². The van der Waals surface area contributed by atoms with Gasteiger partial charge in [-0.05, 0) is 70.1 Å². The van der Waals surface area contributed by atoms with E-state index in [1.54, 1.807) is 11.8 Å². The van der Waals surface area contributed by atoms with Crippen LogP contribution >= 0.6 is 0 Å². The number of carbonyl (C=O) groups is 4. The molecule has 252 valence electrons. The zero-order valence-corrected chi connectivity index (χ0v) is 27.0. The molecule has 0 spiro atoms. The van der Waals surface area contributed by atoms with Gasteiger partial charge in [0.05, 0.1) is 24.6 Å². The minimum absolute atomic E-state index is 0.0550. The summed E-state index contributed by atoms with van der Waals surface area (Å²) in [5, 5.41) is 17.9. The van der Waals surface area contributed by atoms with E-state index in [2.05, 4.69) is 15.5 Å². The highest BCUT2D eigenvalue weighted by atomic mass is 16.5. The maximum Gasteiger partial charge on any atom is 0.237 e. The Labute approximate surface area is 267 Å². The fourth-order valence-electron chi connectivity index (χ4n) is 8.67. The van der Waals surface area contributed by atoms with Gasteiger partial charge in [-0.1, -0.05) is 0 Å². The Morgan fingerprint density at radius 3 is 2.31 bits per heavy atom. The number of piperidine rings is 2. The molecule has 7 fully saturated rings. The molecule has 0 aliphatic carbocycles. The molecular weight excluding hydrogens is 576 g/mol. The fourth-order valence-corrected chi connectivity index (χ4v) is 8.67. The predicted octanol–water partition coefficient (Wildman–Crippen LogP) is 0.326. The number of fused-ring (bicyclic) bond motifs is 8. The van der Waals surface area contributed by atoms with E-state index < -0.39 is 12.1 Å². The van der Waals surface area contributed by atoms with Crippen molar-refractivity contribution in [2.75, 3.05) is 59.0 Å². The van der Waals surface area contributed by atoms with Crippen LogP contribution in [0.3, 0.4) is 0 Å². The van der Waals surface area contributed by atoms with Gasteiger partial charge in [0.25, 0.3) is 0 Å². The van der Waals surface area contributed by atoms with Gasteiger partial charge in [0.1, 0.15) is 0 Å². The average molecular weight is 631 g/mol. The molecular formula is C33H54N6O6. The highest BCUT2D eigenvalue weighted by Gasteiger charge is 2.44. The van der Waals surface area contributed by atoms with Crippen LogP contribution in [0.4, 0.5) is 0 Å². The zero-order valence-electron chi connectivity index (χ0n) is 27.0. The normalized spacial score (nSPS) is 36.3. The minimum Gasteiger partial charge on any atom is -0.390 e. The van der Waals surface area contributed by atoms with Gasteiger partial charge in [-0.15, -0.1) is 0 Å². The third-order valence-corrected chi connectivity index (χ3v) is 11.5. The third-order valence-electron chi connectivity index (χ3n) is 11.5. The molecule has 45 heavy (non-hydrogen) atoms. The summed E-state index contributed by atoms with van der Waals surface area (Å²) in [6, 6.07) is -0.139. The Morgan fingerprint density at radius 2 is 1.58 bits per heavy atom. The highest BCUT2D eigenvalue weighted by molar-refractivity contribution is 5.83. The summed E-state index contributed by atoms with van der Waals surface area (Å²) in [4.78, 5) is 62.0. The molecule has 0 unspecified atom stereocenters. The van der Waals surface area contributed by atoms with Crippen molar-refractivity contribution in [2.45, 2.75) is 114 Å². The van der Waals surface area contributed by atoms with Gasteiger partial charge in [0.2, 0.25) is 23.6 Å². The van der Waals surface area contributed by atoms with E-state index >= 15 is 0 Å².